The predicted octanol–water partition coefficient (Wildman–Crippen LogP) is 0.925. The van der Waals surface area contributed by atoms with E-state index in [0.717, 1.165) is 52.2 Å². The molecule has 0 spiro atoms. The molecule has 0 atom stereocenters. The lowest BCUT2D eigenvalue weighted by Crippen LogP contribution is -2.46. The summed E-state index contributed by atoms with van der Waals surface area (Å²) in [6.07, 6.45) is 1.08. The molecule has 134 valence electrons. The van der Waals surface area contributed by atoms with E-state index in [2.05, 4.69) is 15.9 Å². The van der Waals surface area contributed by atoms with E-state index >= 15 is 0 Å². The van der Waals surface area contributed by atoms with Gasteiger partial charge >= 0.3 is 0 Å². The number of hydrogen-bond donors (Lipinski definition) is 0. The van der Waals surface area contributed by atoms with Gasteiger partial charge in [-0.05, 0) is 37.2 Å². The smallest absolute Gasteiger partial charge is 0.236 e. The van der Waals surface area contributed by atoms with Crippen molar-refractivity contribution in [3.63, 3.8) is 0 Å². The number of carbonyl (C=O) groups is 1. The fourth-order valence-electron chi connectivity index (χ4n) is 3.39. The highest BCUT2D eigenvalue weighted by molar-refractivity contribution is 5.78. The van der Waals surface area contributed by atoms with Gasteiger partial charge < -0.3 is 9.64 Å². The van der Waals surface area contributed by atoms with Gasteiger partial charge in [0.1, 0.15) is 0 Å². The molecule has 0 bridgehead atoms. The maximum atomic E-state index is 12.4. The van der Waals surface area contributed by atoms with E-state index in [1.54, 1.807) is 0 Å². The Labute approximate surface area is 149 Å². The van der Waals surface area contributed by atoms with Crippen LogP contribution in [0.4, 0.5) is 0 Å². The molecule has 25 heavy (non-hydrogen) atoms. The summed E-state index contributed by atoms with van der Waals surface area (Å²) >= 11 is 0. The average molecular weight is 342 g/mol. The number of ether oxygens (including phenoxy) is 1. The second-order valence-corrected chi connectivity index (χ2v) is 6.71. The minimum absolute atomic E-state index is 0.226. The van der Waals surface area contributed by atoms with Crippen molar-refractivity contribution in [3.05, 3.63) is 35.4 Å². The summed E-state index contributed by atoms with van der Waals surface area (Å²) in [7, 11) is 0. The molecule has 0 aromatic heterocycles. The van der Waals surface area contributed by atoms with Crippen LogP contribution < -0.4 is 0 Å². The molecule has 6 nitrogen and oxygen atoms in total. The van der Waals surface area contributed by atoms with E-state index in [-0.39, 0.29) is 5.91 Å². The Morgan fingerprint density at radius 1 is 1.00 bits per heavy atom. The zero-order chi connectivity index (χ0) is 17.5. The SMILES string of the molecule is N#Cc1ccc(CN2CCCN(CC(=O)N3CCOCC3)CC2)cc1. The Kier molecular flexibility index (Phi) is 6.40. The third kappa shape index (κ3) is 5.27. The first-order valence-electron chi connectivity index (χ1n) is 9.04. The maximum Gasteiger partial charge on any atom is 0.236 e. The monoisotopic (exact) mass is 342 g/mol. The van der Waals surface area contributed by atoms with Gasteiger partial charge in [0.25, 0.3) is 0 Å². The maximum absolute atomic E-state index is 12.4. The number of carbonyl (C=O) groups excluding carboxylic acids is 1. The van der Waals surface area contributed by atoms with Crippen molar-refractivity contribution in [3.8, 4) is 6.07 Å². The van der Waals surface area contributed by atoms with Crippen LogP contribution in [0.3, 0.4) is 0 Å². The third-order valence-corrected chi connectivity index (χ3v) is 4.89. The lowest BCUT2D eigenvalue weighted by Gasteiger charge is -2.29. The van der Waals surface area contributed by atoms with Crippen molar-refractivity contribution in [1.29, 1.82) is 5.26 Å². The summed E-state index contributed by atoms with van der Waals surface area (Å²) in [6, 6.07) is 9.97. The molecule has 0 saturated carbocycles. The van der Waals surface area contributed by atoms with Crippen LogP contribution in [0.5, 0.6) is 0 Å². The van der Waals surface area contributed by atoms with Crippen molar-refractivity contribution < 1.29 is 9.53 Å². The Morgan fingerprint density at radius 2 is 1.68 bits per heavy atom. The highest BCUT2D eigenvalue weighted by atomic mass is 16.5. The zero-order valence-corrected chi connectivity index (χ0v) is 14.7. The van der Waals surface area contributed by atoms with Gasteiger partial charge in [-0.2, -0.15) is 5.26 Å². The first kappa shape index (κ1) is 17.9. The molecule has 1 aromatic carbocycles. The Hall–Kier alpha value is -1.94. The number of morpholine rings is 1. The number of rotatable bonds is 4. The van der Waals surface area contributed by atoms with Crippen LogP contribution in [-0.2, 0) is 16.1 Å². The summed E-state index contributed by atoms with van der Waals surface area (Å²) in [5, 5.41) is 8.88. The van der Waals surface area contributed by atoms with E-state index in [1.807, 2.05) is 29.2 Å². The minimum atomic E-state index is 0.226. The minimum Gasteiger partial charge on any atom is -0.378 e. The van der Waals surface area contributed by atoms with Gasteiger partial charge in [-0.1, -0.05) is 12.1 Å². The standard InChI is InChI=1S/C19H26N4O2/c20-14-17-2-4-18(5-3-17)15-21-6-1-7-22(9-8-21)16-19(24)23-10-12-25-13-11-23/h2-5H,1,6-13,15-16H2. The number of nitrogens with zero attached hydrogens (tertiary/aromatic N) is 4. The lowest BCUT2D eigenvalue weighted by molar-refractivity contribution is -0.136. The highest BCUT2D eigenvalue weighted by Crippen LogP contribution is 2.11. The van der Waals surface area contributed by atoms with Gasteiger partial charge in [0.05, 0.1) is 31.4 Å². The summed E-state index contributed by atoms with van der Waals surface area (Å²) in [4.78, 5) is 19.0. The van der Waals surface area contributed by atoms with Crippen LogP contribution in [0.25, 0.3) is 0 Å². The molecular formula is C19H26N4O2. The molecule has 2 saturated heterocycles. The number of benzene rings is 1. The van der Waals surface area contributed by atoms with Crippen LogP contribution in [-0.4, -0.2) is 79.6 Å². The van der Waals surface area contributed by atoms with Gasteiger partial charge in [-0.15, -0.1) is 0 Å². The Balaban J connectivity index is 1.46. The van der Waals surface area contributed by atoms with Gasteiger partial charge in [-0.3, -0.25) is 14.6 Å². The Bertz CT molecular complexity index is 605. The number of nitriles is 1. The van der Waals surface area contributed by atoms with E-state index < -0.39 is 0 Å². The van der Waals surface area contributed by atoms with E-state index in [0.29, 0.717) is 25.3 Å². The zero-order valence-electron chi connectivity index (χ0n) is 14.7. The molecule has 3 rings (SSSR count). The van der Waals surface area contributed by atoms with Gasteiger partial charge in [-0.25, -0.2) is 0 Å². The molecule has 6 heteroatoms. The largest absolute Gasteiger partial charge is 0.378 e. The topological polar surface area (TPSA) is 59.8 Å². The van der Waals surface area contributed by atoms with Crippen molar-refractivity contribution >= 4 is 5.91 Å². The molecule has 2 heterocycles. The normalized spacial score (nSPS) is 20.0. The molecule has 0 radical (unpaired) electrons. The van der Waals surface area contributed by atoms with Crippen LogP contribution in [0.1, 0.15) is 17.5 Å². The quantitative estimate of drug-likeness (QED) is 0.814. The summed E-state index contributed by atoms with van der Waals surface area (Å²) in [5.74, 6) is 0.226. The van der Waals surface area contributed by atoms with Crippen molar-refractivity contribution in [2.75, 3.05) is 59.0 Å². The van der Waals surface area contributed by atoms with Crippen LogP contribution in [0, 0.1) is 11.3 Å². The van der Waals surface area contributed by atoms with E-state index in [1.165, 1.54) is 5.56 Å². The fraction of sp³-hybridized carbons (Fsp3) is 0.579. The number of amides is 1. The molecule has 1 amide bonds. The molecular weight excluding hydrogens is 316 g/mol. The lowest BCUT2D eigenvalue weighted by atomic mass is 10.1. The van der Waals surface area contributed by atoms with Gasteiger partial charge in [0, 0.05) is 32.7 Å². The van der Waals surface area contributed by atoms with E-state index in [4.69, 9.17) is 10.00 Å². The fourth-order valence-corrected chi connectivity index (χ4v) is 3.39. The molecule has 2 aliphatic heterocycles. The molecule has 0 aliphatic carbocycles. The Morgan fingerprint density at radius 3 is 2.40 bits per heavy atom. The second-order valence-electron chi connectivity index (χ2n) is 6.71. The highest BCUT2D eigenvalue weighted by Gasteiger charge is 2.21. The molecule has 1 aromatic rings. The van der Waals surface area contributed by atoms with Gasteiger partial charge in [0.2, 0.25) is 5.91 Å². The van der Waals surface area contributed by atoms with Crippen LogP contribution in [0.2, 0.25) is 0 Å². The molecule has 0 N–H and O–H groups in total. The average Bonchev–Trinajstić information content (AvgIpc) is 2.88. The third-order valence-electron chi connectivity index (χ3n) is 4.89. The molecule has 0 unspecified atom stereocenters. The van der Waals surface area contributed by atoms with Crippen LogP contribution in [0.15, 0.2) is 24.3 Å². The summed E-state index contributed by atoms with van der Waals surface area (Å²) < 4.78 is 5.31. The second kappa shape index (κ2) is 8.95. The van der Waals surface area contributed by atoms with Crippen LogP contribution >= 0.6 is 0 Å². The molecule has 2 aliphatic rings. The van der Waals surface area contributed by atoms with Crippen molar-refractivity contribution in [1.82, 2.24) is 14.7 Å². The van der Waals surface area contributed by atoms with Gasteiger partial charge in [0.15, 0.2) is 0 Å². The van der Waals surface area contributed by atoms with Crippen molar-refractivity contribution in [2.24, 2.45) is 0 Å². The van der Waals surface area contributed by atoms with Crippen molar-refractivity contribution in [2.45, 2.75) is 13.0 Å². The summed E-state index contributed by atoms with van der Waals surface area (Å²) in [6.45, 7) is 8.08. The first-order valence-corrected chi connectivity index (χ1v) is 9.04. The first-order chi connectivity index (χ1) is 12.2. The van der Waals surface area contributed by atoms with E-state index in [9.17, 15) is 4.79 Å². The molecule has 2 fully saturated rings. The summed E-state index contributed by atoms with van der Waals surface area (Å²) in [5.41, 5.74) is 1.93. The predicted molar refractivity (Wildman–Crippen MR) is 94.9 cm³/mol. The number of hydrogen-bond acceptors (Lipinski definition) is 5.